The molecule has 3 aromatic rings. The van der Waals surface area contributed by atoms with Crippen molar-refractivity contribution >= 4 is 22.6 Å². The summed E-state index contributed by atoms with van der Waals surface area (Å²) in [5.41, 5.74) is 1.16. The standard InChI is InChI=1S/C17H13NO5/c1-9(19)18-11-4-2-10(3-5-11)13-8-23-17-12(15(13)21)6-7-14(20)16(17)22/h2-8,20,22H,1H3,(H,18,19). The van der Waals surface area contributed by atoms with Crippen molar-refractivity contribution in [1.29, 1.82) is 0 Å². The average Bonchev–Trinajstić information content (AvgIpc) is 2.52. The van der Waals surface area contributed by atoms with Crippen LogP contribution < -0.4 is 10.7 Å². The molecule has 6 nitrogen and oxygen atoms in total. The molecule has 1 amide bonds. The first-order valence-corrected chi connectivity index (χ1v) is 6.82. The van der Waals surface area contributed by atoms with Crippen LogP contribution in [0.15, 0.2) is 51.9 Å². The van der Waals surface area contributed by atoms with Crippen molar-refractivity contribution in [1.82, 2.24) is 0 Å². The van der Waals surface area contributed by atoms with E-state index < -0.39 is 5.75 Å². The van der Waals surface area contributed by atoms with E-state index in [0.717, 1.165) is 0 Å². The molecule has 23 heavy (non-hydrogen) atoms. The largest absolute Gasteiger partial charge is 0.504 e. The Labute approximate surface area is 130 Å². The zero-order valence-corrected chi connectivity index (χ0v) is 12.2. The number of fused-ring (bicyclic) bond motifs is 1. The van der Waals surface area contributed by atoms with E-state index in [4.69, 9.17) is 4.42 Å². The van der Waals surface area contributed by atoms with Crippen LogP contribution in [-0.4, -0.2) is 16.1 Å². The van der Waals surface area contributed by atoms with Gasteiger partial charge in [-0.2, -0.15) is 0 Å². The lowest BCUT2D eigenvalue weighted by molar-refractivity contribution is -0.114. The maximum atomic E-state index is 12.5. The number of phenols is 2. The van der Waals surface area contributed by atoms with Crippen LogP contribution in [0.2, 0.25) is 0 Å². The predicted molar refractivity (Wildman–Crippen MR) is 85.6 cm³/mol. The third-order valence-electron chi connectivity index (χ3n) is 3.41. The van der Waals surface area contributed by atoms with Gasteiger partial charge in [-0.3, -0.25) is 9.59 Å². The Morgan fingerprint density at radius 3 is 2.43 bits per heavy atom. The van der Waals surface area contributed by atoms with Crippen molar-refractivity contribution < 1.29 is 19.4 Å². The first-order valence-electron chi connectivity index (χ1n) is 6.82. The number of aromatic hydroxyl groups is 2. The lowest BCUT2D eigenvalue weighted by atomic mass is 10.0. The summed E-state index contributed by atoms with van der Waals surface area (Å²) in [5.74, 6) is -1.00. The van der Waals surface area contributed by atoms with Gasteiger partial charge < -0.3 is 19.9 Å². The third-order valence-corrected chi connectivity index (χ3v) is 3.41. The highest BCUT2D eigenvalue weighted by molar-refractivity contribution is 5.90. The first-order chi connectivity index (χ1) is 11.0. The highest BCUT2D eigenvalue weighted by Gasteiger charge is 2.14. The van der Waals surface area contributed by atoms with Gasteiger partial charge in [-0.15, -0.1) is 0 Å². The molecule has 0 fully saturated rings. The normalized spacial score (nSPS) is 10.7. The molecule has 0 saturated heterocycles. The number of hydrogen-bond donors (Lipinski definition) is 3. The molecule has 116 valence electrons. The number of hydrogen-bond acceptors (Lipinski definition) is 5. The van der Waals surface area contributed by atoms with Gasteiger partial charge in [0.1, 0.15) is 6.26 Å². The van der Waals surface area contributed by atoms with E-state index in [1.807, 2.05) is 0 Å². The van der Waals surface area contributed by atoms with Crippen molar-refractivity contribution in [2.45, 2.75) is 6.92 Å². The van der Waals surface area contributed by atoms with E-state index >= 15 is 0 Å². The lowest BCUT2D eigenvalue weighted by Crippen LogP contribution is -2.06. The lowest BCUT2D eigenvalue weighted by Gasteiger charge is -2.06. The molecule has 1 heterocycles. The molecule has 0 saturated carbocycles. The average molecular weight is 311 g/mol. The quantitative estimate of drug-likeness (QED) is 0.632. The minimum atomic E-state index is -0.466. The van der Waals surface area contributed by atoms with E-state index in [2.05, 4.69) is 5.32 Å². The summed E-state index contributed by atoms with van der Waals surface area (Å²) in [5, 5.41) is 22.0. The van der Waals surface area contributed by atoms with Crippen LogP contribution in [0.5, 0.6) is 11.5 Å². The fourth-order valence-corrected chi connectivity index (χ4v) is 2.31. The second kappa shape index (κ2) is 5.49. The Balaban J connectivity index is 2.10. The van der Waals surface area contributed by atoms with E-state index in [-0.39, 0.29) is 28.1 Å². The zero-order valence-electron chi connectivity index (χ0n) is 12.2. The van der Waals surface area contributed by atoms with Crippen LogP contribution in [0.25, 0.3) is 22.1 Å². The molecular weight excluding hydrogens is 298 g/mol. The molecule has 1 aromatic heterocycles. The van der Waals surface area contributed by atoms with Gasteiger partial charge in [0.2, 0.25) is 17.1 Å². The minimum Gasteiger partial charge on any atom is -0.504 e. The fraction of sp³-hybridized carbons (Fsp3) is 0.0588. The van der Waals surface area contributed by atoms with Crippen molar-refractivity contribution in [3.05, 3.63) is 52.9 Å². The summed E-state index contributed by atoms with van der Waals surface area (Å²) >= 11 is 0. The summed E-state index contributed by atoms with van der Waals surface area (Å²) in [7, 11) is 0. The van der Waals surface area contributed by atoms with Crippen LogP contribution in [0.4, 0.5) is 5.69 Å². The molecule has 6 heteroatoms. The number of phenolic OH excluding ortho intramolecular Hbond substituents is 2. The van der Waals surface area contributed by atoms with Crippen molar-refractivity contribution in [2.24, 2.45) is 0 Å². The second-order valence-electron chi connectivity index (χ2n) is 5.05. The Morgan fingerprint density at radius 2 is 1.78 bits per heavy atom. The molecule has 0 radical (unpaired) electrons. The fourth-order valence-electron chi connectivity index (χ4n) is 2.31. The van der Waals surface area contributed by atoms with Gasteiger partial charge in [0.15, 0.2) is 11.3 Å². The smallest absolute Gasteiger partial charge is 0.221 e. The highest BCUT2D eigenvalue weighted by Crippen LogP contribution is 2.33. The van der Waals surface area contributed by atoms with Crippen LogP contribution in [-0.2, 0) is 4.79 Å². The Morgan fingerprint density at radius 1 is 1.09 bits per heavy atom. The van der Waals surface area contributed by atoms with E-state index in [1.54, 1.807) is 24.3 Å². The number of rotatable bonds is 2. The monoisotopic (exact) mass is 311 g/mol. The van der Waals surface area contributed by atoms with Crippen LogP contribution in [0, 0.1) is 0 Å². The van der Waals surface area contributed by atoms with Gasteiger partial charge in [-0.25, -0.2) is 0 Å². The van der Waals surface area contributed by atoms with Crippen LogP contribution in [0.1, 0.15) is 6.92 Å². The number of anilines is 1. The van der Waals surface area contributed by atoms with Crippen molar-refractivity contribution in [3.63, 3.8) is 0 Å². The van der Waals surface area contributed by atoms with Crippen LogP contribution in [0.3, 0.4) is 0 Å². The number of amides is 1. The predicted octanol–water partition coefficient (Wildman–Crippen LogP) is 2.83. The minimum absolute atomic E-state index is 0.0615. The Bertz CT molecular complexity index is 957. The van der Waals surface area contributed by atoms with Gasteiger partial charge in [-0.05, 0) is 29.8 Å². The molecule has 0 aliphatic heterocycles. The topological polar surface area (TPSA) is 99.8 Å². The maximum absolute atomic E-state index is 12.5. The van der Waals surface area contributed by atoms with E-state index in [9.17, 15) is 19.8 Å². The summed E-state index contributed by atoms with van der Waals surface area (Å²) in [4.78, 5) is 23.5. The van der Waals surface area contributed by atoms with Crippen molar-refractivity contribution in [3.8, 4) is 22.6 Å². The van der Waals surface area contributed by atoms with Gasteiger partial charge in [-0.1, -0.05) is 12.1 Å². The number of carbonyl (C=O) groups is 1. The number of nitrogens with one attached hydrogen (secondary N) is 1. The number of benzene rings is 2. The zero-order chi connectivity index (χ0) is 16.6. The first kappa shape index (κ1) is 14.6. The molecule has 0 aliphatic rings. The summed E-state index contributed by atoms with van der Waals surface area (Å²) in [6, 6.07) is 9.35. The molecule has 3 rings (SSSR count). The van der Waals surface area contributed by atoms with Crippen molar-refractivity contribution in [2.75, 3.05) is 5.32 Å². The summed E-state index contributed by atoms with van der Waals surface area (Å²) in [6.45, 7) is 1.41. The molecule has 0 atom stereocenters. The van der Waals surface area contributed by atoms with Gasteiger partial charge in [0.25, 0.3) is 0 Å². The third kappa shape index (κ3) is 2.62. The Hall–Kier alpha value is -3.28. The molecule has 3 N–H and O–H groups in total. The highest BCUT2D eigenvalue weighted by atomic mass is 16.4. The molecule has 0 spiro atoms. The molecule has 0 unspecified atom stereocenters. The molecule has 0 bridgehead atoms. The summed E-state index contributed by atoms with van der Waals surface area (Å²) in [6.07, 6.45) is 1.23. The van der Waals surface area contributed by atoms with Gasteiger partial charge in [0, 0.05) is 12.6 Å². The van der Waals surface area contributed by atoms with Gasteiger partial charge in [0.05, 0.1) is 10.9 Å². The van der Waals surface area contributed by atoms with Crippen LogP contribution >= 0.6 is 0 Å². The van der Waals surface area contributed by atoms with Gasteiger partial charge >= 0.3 is 0 Å². The molecule has 2 aromatic carbocycles. The molecule has 0 aliphatic carbocycles. The van der Waals surface area contributed by atoms with E-state index in [0.29, 0.717) is 16.8 Å². The second-order valence-corrected chi connectivity index (χ2v) is 5.05. The Kier molecular flexibility index (Phi) is 3.50. The maximum Gasteiger partial charge on any atom is 0.221 e. The SMILES string of the molecule is CC(=O)Nc1ccc(-c2coc3c(O)c(O)ccc3c2=O)cc1. The van der Waals surface area contributed by atoms with E-state index in [1.165, 1.54) is 25.3 Å². The number of carbonyl (C=O) groups excluding carboxylic acids is 1. The molecular formula is C17H13NO5. The summed E-state index contributed by atoms with van der Waals surface area (Å²) < 4.78 is 5.30.